The van der Waals surface area contributed by atoms with Crippen LogP contribution in [0.5, 0.6) is 0 Å². The normalized spacial score (nSPS) is 16.5. The van der Waals surface area contributed by atoms with E-state index in [-0.39, 0.29) is 16.6 Å². The molecule has 0 saturated carbocycles. The molecular weight excluding hydrogens is 455 g/mol. The van der Waals surface area contributed by atoms with Gasteiger partial charge in [0, 0.05) is 12.6 Å². The van der Waals surface area contributed by atoms with Crippen molar-refractivity contribution in [2.75, 3.05) is 5.43 Å². The van der Waals surface area contributed by atoms with Gasteiger partial charge in [-0.15, -0.1) is 0 Å². The SMILES string of the molecule is Cc1cc2c(cc1Cc1ccc(C(=O)NNc3ncccc3C(F)(F)F)o1)C(C)(C)CCC2(C)C. The first-order valence-corrected chi connectivity index (χ1v) is 11.6. The van der Waals surface area contributed by atoms with Crippen LogP contribution in [0.4, 0.5) is 19.0 Å². The quantitative estimate of drug-likeness (QED) is 0.395. The summed E-state index contributed by atoms with van der Waals surface area (Å²) in [5.41, 5.74) is 8.71. The van der Waals surface area contributed by atoms with Gasteiger partial charge in [0.1, 0.15) is 5.76 Å². The molecule has 2 heterocycles. The van der Waals surface area contributed by atoms with E-state index in [0.29, 0.717) is 12.2 Å². The Morgan fingerprint density at radius 1 is 1.06 bits per heavy atom. The molecule has 1 aliphatic rings. The second-order valence-electron chi connectivity index (χ2n) is 10.5. The highest BCUT2D eigenvalue weighted by molar-refractivity contribution is 5.92. The molecule has 0 radical (unpaired) electrons. The third-order valence-corrected chi connectivity index (χ3v) is 6.97. The number of halogens is 3. The summed E-state index contributed by atoms with van der Waals surface area (Å²) in [4.78, 5) is 16.1. The van der Waals surface area contributed by atoms with Gasteiger partial charge in [0.25, 0.3) is 0 Å². The number of pyridine rings is 1. The number of aryl methyl sites for hydroxylation is 1. The molecule has 4 rings (SSSR count). The molecule has 5 nitrogen and oxygen atoms in total. The minimum absolute atomic E-state index is 0.00549. The molecule has 35 heavy (non-hydrogen) atoms. The fraction of sp³-hybridized carbons (Fsp3) is 0.407. The lowest BCUT2D eigenvalue weighted by Gasteiger charge is -2.42. The van der Waals surface area contributed by atoms with Crippen LogP contribution in [0.1, 0.15) is 84.7 Å². The summed E-state index contributed by atoms with van der Waals surface area (Å²) in [5, 5.41) is 0. The summed E-state index contributed by atoms with van der Waals surface area (Å²) in [6.07, 6.45) is -0.637. The lowest BCUT2D eigenvalue weighted by Crippen LogP contribution is -2.34. The number of rotatable bonds is 5. The number of carbonyl (C=O) groups excluding carboxylic acids is 1. The van der Waals surface area contributed by atoms with E-state index >= 15 is 0 Å². The average Bonchev–Trinajstić information content (AvgIpc) is 3.25. The smallest absolute Gasteiger partial charge is 0.420 e. The van der Waals surface area contributed by atoms with Gasteiger partial charge in [-0.2, -0.15) is 13.2 Å². The van der Waals surface area contributed by atoms with E-state index in [4.69, 9.17) is 4.42 Å². The Kier molecular flexibility index (Phi) is 6.19. The number of alkyl halides is 3. The molecule has 0 bridgehead atoms. The van der Waals surface area contributed by atoms with Gasteiger partial charge < -0.3 is 4.42 Å². The maximum absolute atomic E-state index is 13.1. The van der Waals surface area contributed by atoms with Crippen LogP contribution in [0.25, 0.3) is 0 Å². The summed E-state index contributed by atoms with van der Waals surface area (Å²) in [7, 11) is 0. The van der Waals surface area contributed by atoms with Crippen molar-refractivity contribution in [3.63, 3.8) is 0 Å². The molecule has 8 heteroatoms. The van der Waals surface area contributed by atoms with E-state index in [1.807, 2.05) is 0 Å². The molecule has 0 unspecified atom stereocenters. The van der Waals surface area contributed by atoms with Crippen LogP contribution >= 0.6 is 0 Å². The van der Waals surface area contributed by atoms with E-state index in [0.717, 1.165) is 30.0 Å². The summed E-state index contributed by atoms with van der Waals surface area (Å²) < 4.78 is 45.1. The zero-order valence-corrected chi connectivity index (χ0v) is 20.6. The Balaban J connectivity index is 1.50. The van der Waals surface area contributed by atoms with Gasteiger partial charge in [0.15, 0.2) is 11.6 Å². The van der Waals surface area contributed by atoms with Crippen LogP contribution in [-0.2, 0) is 23.4 Å². The lowest BCUT2D eigenvalue weighted by atomic mass is 9.62. The summed E-state index contributed by atoms with van der Waals surface area (Å²) in [6, 6.07) is 9.82. The lowest BCUT2D eigenvalue weighted by molar-refractivity contribution is -0.137. The summed E-state index contributed by atoms with van der Waals surface area (Å²) in [5.74, 6) is -0.593. The van der Waals surface area contributed by atoms with Crippen molar-refractivity contribution in [3.8, 4) is 0 Å². The second-order valence-corrected chi connectivity index (χ2v) is 10.5. The summed E-state index contributed by atoms with van der Waals surface area (Å²) in [6.45, 7) is 11.2. The van der Waals surface area contributed by atoms with Gasteiger partial charge in [0.2, 0.25) is 0 Å². The van der Waals surface area contributed by atoms with Crippen LogP contribution in [0, 0.1) is 6.92 Å². The molecule has 0 atom stereocenters. The number of fused-ring (bicyclic) bond motifs is 1. The number of hydrazine groups is 1. The predicted octanol–water partition coefficient (Wildman–Crippen LogP) is 6.70. The maximum Gasteiger partial charge on any atom is 0.420 e. The van der Waals surface area contributed by atoms with Gasteiger partial charge in [-0.05, 0) is 77.1 Å². The highest BCUT2D eigenvalue weighted by Gasteiger charge is 2.37. The number of hydrogen-bond donors (Lipinski definition) is 2. The molecule has 0 aliphatic heterocycles. The Morgan fingerprint density at radius 2 is 1.71 bits per heavy atom. The van der Waals surface area contributed by atoms with Crippen LogP contribution < -0.4 is 10.9 Å². The molecule has 186 valence electrons. The van der Waals surface area contributed by atoms with Crippen LogP contribution in [0.3, 0.4) is 0 Å². The van der Waals surface area contributed by atoms with Crippen LogP contribution in [0.15, 0.2) is 47.0 Å². The van der Waals surface area contributed by atoms with Gasteiger partial charge in [-0.3, -0.25) is 15.6 Å². The molecule has 0 spiro atoms. The van der Waals surface area contributed by atoms with Gasteiger partial charge in [-0.1, -0.05) is 39.8 Å². The highest BCUT2D eigenvalue weighted by atomic mass is 19.4. The number of benzene rings is 1. The topological polar surface area (TPSA) is 67.2 Å². The number of furan rings is 1. The molecule has 1 aliphatic carbocycles. The number of amides is 1. The van der Waals surface area contributed by atoms with Crippen molar-refractivity contribution in [1.82, 2.24) is 10.4 Å². The number of hydrogen-bond acceptors (Lipinski definition) is 4. The fourth-order valence-electron chi connectivity index (χ4n) is 4.65. The molecule has 2 N–H and O–H groups in total. The molecule has 0 saturated heterocycles. The second kappa shape index (κ2) is 8.73. The van der Waals surface area contributed by atoms with Gasteiger partial charge in [-0.25, -0.2) is 4.98 Å². The van der Waals surface area contributed by atoms with Crippen LogP contribution in [-0.4, -0.2) is 10.9 Å². The Hall–Kier alpha value is -3.29. The zero-order valence-electron chi connectivity index (χ0n) is 20.6. The fourth-order valence-corrected chi connectivity index (χ4v) is 4.65. The first-order valence-electron chi connectivity index (χ1n) is 11.6. The van der Waals surface area contributed by atoms with Crippen molar-refractivity contribution >= 4 is 11.7 Å². The Labute approximate surface area is 203 Å². The first kappa shape index (κ1) is 24.8. The third-order valence-electron chi connectivity index (χ3n) is 6.97. The molecule has 1 amide bonds. The Morgan fingerprint density at radius 3 is 2.37 bits per heavy atom. The number of nitrogens with one attached hydrogen (secondary N) is 2. The standard InChI is InChI=1S/C27H30F3N3O2/c1-16-13-20-21(26(4,5)11-10-25(20,2)3)15-17(16)14-18-8-9-22(35-18)24(34)33-32-23-19(27(28,29)30)7-6-12-31-23/h6-9,12-13,15H,10-11,14H2,1-5H3,(H,31,32)(H,33,34). The van der Waals surface area contributed by atoms with E-state index in [1.165, 1.54) is 29.5 Å². The van der Waals surface area contributed by atoms with Crippen LogP contribution in [0.2, 0.25) is 0 Å². The third kappa shape index (κ3) is 5.06. The summed E-state index contributed by atoms with van der Waals surface area (Å²) >= 11 is 0. The number of anilines is 1. The minimum Gasteiger partial charge on any atom is -0.456 e. The van der Waals surface area contributed by atoms with Gasteiger partial charge >= 0.3 is 12.1 Å². The predicted molar refractivity (Wildman–Crippen MR) is 128 cm³/mol. The molecular formula is C27H30F3N3O2. The van der Waals surface area contributed by atoms with E-state index in [1.54, 1.807) is 6.07 Å². The number of carbonyl (C=O) groups is 1. The minimum atomic E-state index is -4.60. The average molecular weight is 486 g/mol. The van der Waals surface area contributed by atoms with E-state index in [9.17, 15) is 18.0 Å². The van der Waals surface area contributed by atoms with Gasteiger partial charge in [0.05, 0.1) is 5.56 Å². The largest absolute Gasteiger partial charge is 0.456 e. The van der Waals surface area contributed by atoms with Crippen molar-refractivity contribution in [2.45, 2.75) is 70.9 Å². The van der Waals surface area contributed by atoms with Crippen molar-refractivity contribution in [2.24, 2.45) is 0 Å². The molecule has 0 fully saturated rings. The molecule has 1 aromatic carbocycles. The number of aromatic nitrogens is 1. The van der Waals surface area contributed by atoms with E-state index in [2.05, 4.69) is 62.6 Å². The van der Waals surface area contributed by atoms with E-state index < -0.39 is 23.5 Å². The molecule has 2 aromatic heterocycles. The Bertz CT molecular complexity index is 1260. The highest BCUT2D eigenvalue weighted by Crippen LogP contribution is 2.46. The maximum atomic E-state index is 13.1. The number of nitrogens with zero attached hydrogens (tertiary/aromatic N) is 1. The van der Waals surface area contributed by atoms with Crippen molar-refractivity contribution in [1.29, 1.82) is 0 Å². The first-order chi connectivity index (χ1) is 16.3. The van der Waals surface area contributed by atoms with Crippen molar-refractivity contribution in [3.05, 3.63) is 81.9 Å². The monoisotopic (exact) mass is 485 g/mol. The van der Waals surface area contributed by atoms with Crippen molar-refractivity contribution < 1.29 is 22.4 Å². The zero-order chi connectivity index (χ0) is 25.6. The molecule has 3 aromatic rings.